The maximum Gasteiger partial charge on any atom is 0.247 e. The van der Waals surface area contributed by atoms with Gasteiger partial charge in [-0.1, -0.05) is 31.2 Å². The van der Waals surface area contributed by atoms with E-state index in [1.165, 1.54) is 6.08 Å². The number of nitrogens with zero attached hydrogens (tertiary/aromatic N) is 2. The summed E-state index contributed by atoms with van der Waals surface area (Å²) in [6.45, 7) is 5.46. The average Bonchev–Trinajstić information content (AvgIpc) is 2.73. The van der Waals surface area contributed by atoms with Gasteiger partial charge in [0.25, 0.3) is 0 Å². The van der Waals surface area contributed by atoms with Gasteiger partial charge in [0.05, 0.1) is 11.4 Å². The minimum Gasteiger partial charge on any atom is -0.369 e. The Hall–Kier alpha value is -2.24. The summed E-state index contributed by atoms with van der Waals surface area (Å²) in [6.07, 6.45) is 5.21. The molecule has 6 heteroatoms. The summed E-state index contributed by atoms with van der Waals surface area (Å²) in [7, 11) is 1.60. The quantitative estimate of drug-likeness (QED) is 0.500. The van der Waals surface area contributed by atoms with Crippen molar-refractivity contribution in [3.63, 3.8) is 0 Å². The SMILES string of the molecule is C=CC(=O)Nc1cccc(N=C2C=C(CC)C(Cl)N=CC2OC)c1. The van der Waals surface area contributed by atoms with Crippen LogP contribution in [-0.4, -0.2) is 36.5 Å². The molecule has 2 rings (SSSR count). The molecule has 1 aliphatic heterocycles. The van der Waals surface area contributed by atoms with E-state index in [0.717, 1.165) is 12.0 Å². The fourth-order valence-corrected chi connectivity index (χ4v) is 2.49. The van der Waals surface area contributed by atoms with E-state index in [1.807, 2.05) is 25.1 Å². The first-order chi connectivity index (χ1) is 11.6. The van der Waals surface area contributed by atoms with Gasteiger partial charge < -0.3 is 10.1 Å². The minimum atomic E-state index is -0.404. The fourth-order valence-electron chi connectivity index (χ4n) is 2.21. The number of rotatable bonds is 5. The lowest BCUT2D eigenvalue weighted by molar-refractivity contribution is -0.111. The van der Waals surface area contributed by atoms with Gasteiger partial charge in [-0.05, 0) is 42.3 Å². The lowest BCUT2D eigenvalue weighted by atomic mass is 10.1. The number of aliphatic imine (C=N–C) groups is 2. The highest BCUT2D eigenvalue weighted by Crippen LogP contribution is 2.23. The molecule has 0 radical (unpaired) electrons. The zero-order chi connectivity index (χ0) is 17.5. The maximum absolute atomic E-state index is 11.4. The first-order valence-electron chi connectivity index (χ1n) is 7.60. The second-order valence-corrected chi connectivity index (χ2v) is 5.56. The molecule has 1 N–H and O–H groups in total. The standard InChI is InChI=1S/C18H20ClN3O2/c1-4-12-9-15(16(24-3)11-20-18(12)19)21-13-7-6-8-14(10-13)22-17(23)5-2/h5-11,16,18H,2,4H2,1,3H3,(H,22,23). The monoisotopic (exact) mass is 345 g/mol. The number of carbonyl (C=O) groups excluding carboxylic acids is 1. The number of ether oxygens (including phenoxy) is 1. The lowest BCUT2D eigenvalue weighted by Gasteiger charge is -2.10. The molecule has 5 nitrogen and oxygen atoms in total. The lowest BCUT2D eigenvalue weighted by Crippen LogP contribution is -2.22. The summed E-state index contributed by atoms with van der Waals surface area (Å²) in [5, 5.41) is 2.71. The summed E-state index contributed by atoms with van der Waals surface area (Å²) < 4.78 is 5.44. The number of methoxy groups -OCH3 is 1. The van der Waals surface area contributed by atoms with E-state index < -0.39 is 5.50 Å². The van der Waals surface area contributed by atoms with Gasteiger partial charge in [0, 0.05) is 19.0 Å². The third kappa shape index (κ3) is 4.63. The third-order valence-electron chi connectivity index (χ3n) is 3.50. The molecule has 1 aliphatic rings. The minimum absolute atomic E-state index is 0.269. The van der Waals surface area contributed by atoms with Crippen LogP contribution in [0.2, 0.25) is 0 Å². The Balaban J connectivity index is 2.38. The molecule has 0 saturated carbocycles. The van der Waals surface area contributed by atoms with Crippen molar-refractivity contribution in [3.8, 4) is 0 Å². The van der Waals surface area contributed by atoms with Gasteiger partial charge in [0.2, 0.25) is 5.91 Å². The third-order valence-corrected chi connectivity index (χ3v) is 3.90. The topological polar surface area (TPSA) is 63.0 Å². The van der Waals surface area contributed by atoms with E-state index in [4.69, 9.17) is 16.3 Å². The zero-order valence-electron chi connectivity index (χ0n) is 13.7. The number of amides is 1. The second kappa shape index (κ2) is 8.57. The van der Waals surface area contributed by atoms with Crippen LogP contribution in [-0.2, 0) is 9.53 Å². The highest BCUT2D eigenvalue weighted by Gasteiger charge is 2.19. The summed E-state index contributed by atoms with van der Waals surface area (Å²) in [6, 6.07) is 7.23. The number of hydrogen-bond donors (Lipinski definition) is 1. The van der Waals surface area contributed by atoms with E-state index in [9.17, 15) is 4.79 Å². The molecule has 0 fully saturated rings. The predicted octanol–water partition coefficient (Wildman–Crippen LogP) is 3.88. The molecule has 0 saturated heterocycles. The number of alkyl halides is 1. The van der Waals surface area contributed by atoms with E-state index in [0.29, 0.717) is 17.1 Å². The Kier molecular flexibility index (Phi) is 6.46. The first-order valence-corrected chi connectivity index (χ1v) is 8.03. The number of hydrogen-bond acceptors (Lipinski definition) is 4. The van der Waals surface area contributed by atoms with E-state index in [-0.39, 0.29) is 12.0 Å². The van der Waals surface area contributed by atoms with Crippen molar-refractivity contribution in [2.24, 2.45) is 9.98 Å². The Labute approximate surface area is 146 Å². The molecule has 126 valence electrons. The van der Waals surface area contributed by atoms with Gasteiger partial charge in [-0.25, -0.2) is 0 Å². The molecule has 2 unspecified atom stereocenters. The van der Waals surface area contributed by atoms with Crippen molar-refractivity contribution in [2.75, 3.05) is 12.4 Å². The van der Waals surface area contributed by atoms with Crippen molar-refractivity contribution in [1.82, 2.24) is 0 Å². The van der Waals surface area contributed by atoms with Gasteiger partial charge in [-0.2, -0.15) is 0 Å². The molecule has 0 bridgehead atoms. The van der Waals surface area contributed by atoms with Crippen LogP contribution in [0.25, 0.3) is 0 Å². The largest absolute Gasteiger partial charge is 0.369 e. The highest BCUT2D eigenvalue weighted by atomic mass is 35.5. The normalized spacial score (nSPS) is 22.0. The van der Waals surface area contributed by atoms with Crippen LogP contribution in [0.15, 0.2) is 58.6 Å². The van der Waals surface area contributed by atoms with Crippen LogP contribution < -0.4 is 5.32 Å². The molecule has 0 aliphatic carbocycles. The number of anilines is 1. The predicted molar refractivity (Wildman–Crippen MR) is 99.7 cm³/mol. The van der Waals surface area contributed by atoms with E-state index >= 15 is 0 Å². The Morgan fingerprint density at radius 3 is 3.00 bits per heavy atom. The molecule has 1 heterocycles. The number of nitrogens with one attached hydrogen (secondary N) is 1. The van der Waals surface area contributed by atoms with Gasteiger partial charge in [0.15, 0.2) is 0 Å². The second-order valence-electron chi connectivity index (χ2n) is 5.14. The summed E-state index contributed by atoms with van der Waals surface area (Å²) in [5.74, 6) is -0.269. The van der Waals surface area contributed by atoms with Gasteiger partial charge in [0.1, 0.15) is 11.6 Å². The van der Waals surface area contributed by atoms with Crippen LogP contribution in [0.1, 0.15) is 13.3 Å². The van der Waals surface area contributed by atoms with Crippen molar-refractivity contribution in [1.29, 1.82) is 0 Å². The van der Waals surface area contributed by atoms with Crippen LogP contribution in [0.3, 0.4) is 0 Å². The van der Waals surface area contributed by atoms with Gasteiger partial charge in [-0.3, -0.25) is 14.8 Å². The van der Waals surface area contributed by atoms with E-state index in [1.54, 1.807) is 25.5 Å². The summed E-state index contributed by atoms with van der Waals surface area (Å²) >= 11 is 6.24. The molecule has 24 heavy (non-hydrogen) atoms. The summed E-state index contributed by atoms with van der Waals surface area (Å²) in [4.78, 5) is 20.3. The molecule has 0 aromatic heterocycles. The summed E-state index contributed by atoms with van der Waals surface area (Å²) in [5.41, 5.74) is 2.63. The van der Waals surface area contributed by atoms with Crippen molar-refractivity contribution < 1.29 is 9.53 Å². The number of benzene rings is 1. The Morgan fingerprint density at radius 2 is 2.33 bits per heavy atom. The average molecular weight is 346 g/mol. The first kappa shape index (κ1) is 18.1. The van der Waals surface area contributed by atoms with Crippen molar-refractivity contribution >= 4 is 40.8 Å². The molecule has 0 spiro atoms. The fraction of sp³-hybridized carbons (Fsp3) is 0.278. The number of halogens is 1. The van der Waals surface area contributed by atoms with Crippen LogP contribution in [0.5, 0.6) is 0 Å². The Bertz CT molecular complexity index is 710. The molecule has 2 atom stereocenters. The van der Waals surface area contributed by atoms with Crippen molar-refractivity contribution in [3.05, 3.63) is 48.6 Å². The van der Waals surface area contributed by atoms with Crippen molar-refractivity contribution in [2.45, 2.75) is 24.9 Å². The van der Waals surface area contributed by atoms with Crippen LogP contribution >= 0.6 is 11.6 Å². The van der Waals surface area contributed by atoms with Crippen LogP contribution in [0.4, 0.5) is 11.4 Å². The molecule has 1 amide bonds. The molecular formula is C18H20ClN3O2. The molecule has 1 aromatic carbocycles. The zero-order valence-corrected chi connectivity index (χ0v) is 14.5. The maximum atomic E-state index is 11.4. The van der Waals surface area contributed by atoms with Crippen LogP contribution in [0, 0.1) is 0 Å². The van der Waals surface area contributed by atoms with Gasteiger partial charge in [-0.15, -0.1) is 0 Å². The van der Waals surface area contributed by atoms with E-state index in [2.05, 4.69) is 21.9 Å². The molecular weight excluding hydrogens is 326 g/mol. The molecule has 1 aromatic rings. The van der Waals surface area contributed by atoms with Gasteiger partial charge >= 0.3 is 0 Å². The number of carbonyl (C=O) groups is 1. The highest BCUT2D eigenvalue weighted by molar-refractivity contribution is 6.24. The Morgan fingerprint density at radius 1 is 1.54 bits per heavy atom. The smallest absolute Gasteiger partial charge is 0.247 e.